The quantitative estimate of drug-likeness (QED) is 0.171. The second kappa shape index (κ2) is 11.9. The normalized spacial score (nSPS) is 16.1. The van der Waals surface area contributed by atoms with Crippen LogP contribution in [0.4, 0.5) is 17.1 Å². The first-order valence-electron chi connectivity index (χ1n) is 22.2. The third-order valence-electron chi connectivity index (χ3n) is 15.2. The molecule has 1 nitrogen and oxygen atoms in total. The standard InChI is InChI=1S/C62H37N/c1-2-14-40(15-3-1)63(42-33-35-47-45-18-6-10-26-55(45)61(58(47)37-42)53-24-8-4-16-43(53)44-17-5-9-25-54(44)61)41-31-28-38(29-32-41)39-30-34-48-50-21-13-23-52-51-22-12-20-49-46-19-7-11-27-56(46)62(59(49)51,60(50)52)57(48)36-39/h1-37H. The summed E-state index contributed by atoms with van der Waals surface area (Å²) >= 11 is 0. The highest BCUT2D eigenvalue weighted by Gasteiger charge is 2.57. The summed E-state index contributed by atoms with van der Waals surface area (Å²) in [5.41, 5.74) is 29.7. The molecule has 63 heavy (non-hydrogen) atoms. The zero-order valence-electron chi connectivity index (χ0n) is 34.3. The molecule has 2 spiro atoms. The molecule has 0 amide bonds. The van der Waals surface area contributed by atoms with Gasteiger partial charge in [0.1, 0.15) is 0 Å². The van der Waals surface area contributed by atoms with Gasteiger partial charge >= 0.3 is 0 Å². The molecule has 0 fully saturated rings. The Balaban J connectivity index is 0.886. The third kappa shape index (κ3) is 3.96. The van der Waals surface area contributed by atoms with Crippen LogP contribution in [0.2, 0.25) is 0 Å². The molecule has 1 atom stereocenters. The first-order chi connectivity index (χ1) is 31.3. The van der Waals surface area contributed by atoms with E-state index in [1.807, 2.05) is 0 Å². The van der Waals surface area contributed by atoms with Crippen molar-refractivity contribution in [3.8, 4) is 66.8 Å². The van der Waals surface area contributed by atoms with Crippen molar-refractivity contribution in [3.05, 3.63) is 269 Å². The van der Waals surface area contributed by atoms with Crippen molar-refractivity contribution < 1.29 is 0 Å². The van der Waals surface area contributed by atoms with Gasteiger partial charge in [-0.15, -0.1) is 0 Å². The molecule has 0 saturated carbocycles. The van der Waals surface area contributed by atoms with Crippen molar-refractivity contribution in [1.29, 1.82) is 0 Å². The summed E-state index contributed by atoms with van der Waals surface area (Å²) in [6.45, 7) is 0. The van der Waals surface area contributed by atoms with Crippen molar-refractivity contribution in [2.24, 2.45) is 0 Å². The molecular weight excluding hydrogens is 759 g/mol. The zero-order valence-corrected chi connectivity index (χ0v) is 34.3. The van der Waals surface area contributed by atoms with Crippen molar-refractivity contribution in [3.63, 3.8) is 0 Å². The first-order valence-corrected chi connectivity index (χ1v) is 22.2. The second-order valence-electron chi connectivity index (χ2n) is 17.8. The number of benzene rings is 10. The van der Waals surface area contributed by atoms with Crippen LogP contribution < -0.4 is 4.90 Å². The molecular formula is C62H37N. The van der Waals surface area contributed by atoms with Gasteiger partial charge in [-0.25, -0.2) is 0 Å². The van der Waals surface area contributed by atoms with Crippen LogP contribution in [0.15, 0.2) is 224 Å². The Morgan fingerprint density at radius 3 is 1.16 bits per heavy atom. The Morgan fingerprint density at radius 2 is 0.587 bits per heavy atom. The van der Waals surface area contributed by atoms with Gasteiger partial charge in [0, 0.05) is 17.1 Å². The molecule has 15 rings (SSSR count). The maximum atomic E-state index is 2.51. The van der Waals surface area contributed by atoms with Gasteiger partial charge < -0.3 is 4.90 Å². The predicted molar refractivity (Wildman–Crippen MR) is 258 cm³/mol. The summed E-state index contributed by atoms with van der Waals surface area (Å²) in [7, 11) is 0. The van der Waals surface area contributed by atoms with E-state index in [1.165, 1.54) is 111 Å². The highest BCUT2D eigenvalue weighted by Crippen LogP contribution is 2.70. The van der Waals surface area contributed by atoms with E-state index in [0.717, 1.165) is 17.1 Å². The zero-order chi connectivity index (χ0) is 41.0. The van der Waals surface area contributed by atoms with Gasteiger partial charge in [-0.2, -0.15) is 0 Å². The lowest BCUT2D eigenvalue weighted by atomic mass is 9.70. The summed E-state index contributed by atoms with van der Waals surface area (Å²) in [5, 5.41) is 0. The van der Waals surface area contributed by atoms with Crippen molar-refractivity contribution >= 4 is 17.1 Å². The van der Waals surface area contributed by atoms with Crippen molar-refractivity contribution in [2.45, 2.75) is 10.8 Å². The van der Waals surface area contributed by atoms with E-state index in [9.17, 15) is 0 Å². The second-order valence-corrected chi connectivity index (χ2v) is 17.8. The predicted octanol–water partition coefficient (Wildman–Crippen LogP) is 15.5. The van der Waals surface area contributed by atoms with Gasteiger partial charge in [0.25, 0.3) is 0 Å². The highest BCUT2D eigenvalue weighted by molar-refractivity contribution is 6.06. The fourth-order valence-electron chi connectivity index (χ4n) is 13.0. The molecule has 10 aromatic carbocycles. The Hall–Kier alpha value is -8.00. The van der Waals surface area contributed by atoms with Crippen molar-refractivity contribution in [2.75, 3.05) is 4.90 Å². The average molecular weight is 796 g/mol. The Bertz CT molecular complexity index is 3530. The van der Waals surface area contributed by atoms with Gasteiger partial charge in [-0.1, -0.05) is 182 Å². The van der Waals surface area contributed by atoms with Crippen LogP contribution in [-0.4, -0.2) is 0 Å². The average Bonchev–Trinajstić information content (AvgIpc) is 4.10. The number of rotatable bonds is 4. The molecule has 0 aromatic heterocycles. The van der Waals surface area contributed by atoms with Crippen LogP contribution in [0.25, 0.3) is 66.8 Å². The molecule has 5 aliphatic carbocycles. The van der Waals surface area contributed by atoms with E-state index < -0.39 is 5.41 Å². The smallest absolute Gasteiger partial charge is 0.0737 e. The van der Waals surface area contributed by atoms with E-state index in [0.29, 0.717) is 0 Å². The number of fused-ring (bicyclic) bond motifs is 15. The van der Waals surface area contributed by atoms with E-state index >= 15 is 0 Å². The molecule has 0 bridgehead atoms. The monoisotopic (exact) mass is 795 g/mol. The summed E-state index contributed by atoms with van der Waals surface area (Å²) in [4.78, 5) is 2.43. The number of para-hydroxylation sites is 1. The fraction of sp³-hybridized carbons (Fsp3) is 0.0323. The SMILES string of the molecule is c1ccc(N(c2ccc(-c3ccc4c(c3)C35c6ccccc6-c6cccc(c63)-c3cccc-4c35)cc2)c2ccc3c(c2)C2(c4ccccc4-c4ccccc42)c2ccccc2-3)cc1. The number of hydrogen-bond acceptors (Lipinski definition) is 1. The molecule has 1 heteroatoms. The minimum atomic E-state index is -0.407. The lowest BCUT2D eigenvalue weighted by Crippen LogP contribution is -2.26. The summed E-state index contributed by atoms with van der Waals surface area (Å²) < 4.78 is 0. The topological polar surface area (TPSA) is 3.24 Å². The van der Waals surface area contributed by atoms with Gasteiger partial charge in [0.15, 0.2) is 0 Å². The van der Waals surface area contributed by atoms with Crippen LogP contribution in [0.5, 0.6) is 0 Å². The summed E-state index contributed by atoms with van der Waals surface area (Å²) in [6, 6.07) is 84.7. The molecule has 0 radical (unpaired) electrons. The summed E-state index contributed by atoms with van der Waals surface area (Å²) in [5.74, 6) is 0. The first kappa shape index (κ1) is 33.7. The number of anilines is 3. The van der Waals surface area contributed by atoms with E-state index in [4.69, 9.17) is 0 Å². The van der Waals surface area contributed by atoms with Crippen molar-refractivity contribution in [1.82, 2.24) is 0 Å². The lowest BCUT2D eigenvalue weighted by molar-refractivity contribution is 0.793. The fourth-order valence-corrected chi connectivity index (χ4v) is 13.0. The third-order valence-corrected chi connectivity index (χ3v) is 15.2. The van der Waals surface area contributed by atoms with E-state index in [-0.39, 0.29) is 5.41 Å². The molecule has 10 aromatic rings. The van der Waals surface area contributed by atoms with E-state index in [1.54, 1.807) is 0 Å². The lowest BCUT2D eigenvalue weighted by Gasteiger charge is -2.32. The molecule has 1 unspecified atom stereocenters. The minimum absolute atomic E-state index is 0.297. The van der Waals surface area contributed by atoms with Gasteiger partial charge in [0.2, 0.25) is 0 Å². The maximum Gasteiger partial charge on any atom is 0.0737 e. The van der Waals surface area contributed by atoms with Crippen LogP contribution >= 0.6 is 0 Å². The molecule has 0 N–H and O–H groups in total. The van der Waals surface area contributed by atoms with Crippen LogP contribution in [0.3, 0.4) is 0 Å². The summed E-state index contributed by atoms with van der Waals surface area (Å²) in [6.07, 6.45) is 0. The van der Waals surface area contributed by atoms with Crippen LogP contribution in [0.1, 0.15) is 44.5 Å². The molecule has 5 aliphatic rings. The van der Waals surface area contributed by atoms with E-state index in [2.05, 4.69) is 229 Å². The highest BCUT2D eigenvalue weighted by atomic mass is 15.1. The molecule has 290 valence electrons. The number of nitrogens with zero attached hydrogens (tertiary/aromatic N) is 1. The maximum absolute atomic E-state index is 2.51. The molecule has 0 aliphatic heterocycles. The molecule has 0 heterocycles. The minimum Gasteiger partial charge on any atom is -0.310 e. The Morgan fingerprint density at radius 1 is 0.222 bits per heavy atom. The largest absolute Gasteiger partial charge is 0.310 e. The number of hydrogen-bond donors (Lipinski definition) is 0. The Kier molecular flexibility index (Phi) is 6.35. The van der Waals surface area contributed by atoms with Crippen LogP contribution in [0, 0.1) is 0 Å². The molecule has 0 saturated heterocycles. The Labute approximate surface area is 366 Å². The van der Waals surface area contributed by atoms with Gasteiger partial charge in [-0.05, 0) is 154 Å². The van der Waals surface area contributed by atoms with Gasteiger partial charge in [0.05, 0.1) is 10.8 Å². The van der Waals surface area contributed by atoms with Gasteiger partial charge in [-0.3, -0.25) is 0 Å². The van der Waals surface area contributed by atoms with Crippen LogP contribution in [-0.2, 0) is 10.8 Å².